The first kappa shape index (κ1) is 14.7. The summed E-state index contributed by atoms with van der Waals surface area (Å²) in [5.74, 6) is -0.405. The Labute approximate surface area is 106 Å². The largest absolute Gasteiger partial charge is 0.351 e. The van der Waals surface area contributed by atoms with Crippen LogP contribution >= 0.6 is 0 Å². The molecule has 0 aliphatic rings. The van der Waals surface area contributed by atoms with Crippen molar-refractivity contribution >= 4 is 15.9 Å². The van der Waals surface area contributed by atoms with Crippen LogP contribution in [0.3, 0.4) is 0 Å². The maximum atomic E-state index is 11.8. The Bertz CT molecular complexity index is 521. The minimum absolute atomic E-state index is 0.140. The number of nitrogens with two attached hydrogens (primary N) is 1. The van der Waals surface area contributed by atoms with Gasteiger partial charge in [-0.1, -0.05) is 6.92 Å². The molecular weight excluding hydrogens is 256 g/mol. The zero-order valence-corrected chi connectivity index (χ0v) is 11.3. The molecule has 1 aromatic rings. The van der Waals surface area contributed by atoms with Crippen LogP contribution in [0.5, 0.6) is 0 Å². The summed E-state index contributed by atoms with van der Waals surface area (Å²) in [4.78, 5) is 11.8. The fourth-order valence-electron chi connectivity index (χ4n) is 1.48. The molecule has 0 aliphatic heterocycles. The summed E-state index contributed by atoms with van der Waals surface area (Å²) in [7, 11) is -1.77. The fraction of sp³-hybridized carbons (Fsp3) is 0.600. The lowest BCUT2D eigenvalue weighted by atomic mass is 10.3. The Hall–Kier alpha value is -1.41. The number of aromatic nitrogens is 2. The van der Waals surface area contributed by atoms with Gasteiger partial charge in [-0.3, -0.25) is 9.48 Å². The zero-order valence-electron chi connectivity index (χ0n) is 10.5. The van der Waals surface area contributed by atoms with Crippen LogP contribution in [-0.2, 0) is 23.5 Å². The highest BCUT2D eigenvalue weighted by atomic mass is 32.2. The van der Waals surface area contributed by atoms with Gasteiger partial charge in [0, 0.05) is 13.6 Å². The van der Waals surface area contributed by atoms with E-state index in [9.17, 15) is 13.2 Å². The number of primary sulfonamides is 1. The molecule has 7 nitrogen and oxygen atoms in total. The molecule has 0 bridgehead atoms. The van der Waals surface area contributed by atoms with E-state index in [4.69, 9.17) is 5.14 Å². The third-order valence-corrected chi connectivity index (χ3v) is 3.27. The number of amides is 1. The molecule has 3 N–H and O–H groups in total. The number of carbonyl (C=O) groups excluding carboxylic acids is 1. The topological polar surface area (TPSA) is 107 Å². The molecule has 0 aromatic carbocycles. The number of rotatable bonds is 6. The van der Waals surface area contributed by atoms with Crippen molar-refractivity contribution in [1.29, 1.82) is 0 Å². The summed E-state index contributed by atoms with van der Waals surface area (Å²) in [6.45, 7) is 2.22. The van der Waals surface area contributed by atoms with E-state index < -0.39 is 10.0 Å². The molecule has 8 heteroatoms. The first-order valence-electron chi connectivity index (χ1n) is 5.65. The maximum Gasteiger partial charge on any atom is 0.269 e. The first-order valence-corrected chi connectivity index (χ1v) is 7.36. The molecule has 0 saturated heterocycles. The number of hydrogen-bond acceptors (Lipinski definition) is 4. The number of nitrogens with one attached hydrogen (secondary N) is 1. The highest BCUT2D eigenvalue weighted by molar-refractivity contribution is 7.89. The van der Waals surface area contributed by atoms with Gasteiger partial charge in [0.2, 0.25) is 10.0 Å². The highest BCUT2D eigenvalue weighted by Gasteiger charge is 2.12. The second kappa shape index (κ2) is 5.96. The van der Waals surface area contributed by atoms with Gasteiger partial charge >= 0.3 is 0 Å². The maximum absolute atomic E-state index is 11.8. The molecule has 0 atom stereocenters. The summed E-state index contributed by atoms with van der Waals surface area (Å²) in [5.41, 5.74) is 1.30. The summed E-state index contributed by atoms with van der Waals surface area (Å²) in [6.07, 6.45) is 1.05. The fourth-order valence-corrected chi connectivity index (χ4v) is 2.02. The molecule has 0 spiro atoms. The lowest BCUT2D eigenvalue weighted by Gasteiger charge is -2.04. The molecule has 1 rings (SSSR count). The van der Waals surface area contributed by atoms with E-state index in [0.29, 0.717) is 12.1 Å². The van der Waals surface area contributed by atoms with E-state index in [1.165, 1.54) is 4.68 Å². The molecule has 1 amide bonds. The quantitative estimate of drug-likeness (QED) is 0.675. The average molecular weight is 274 g/mol. The van der Waals surface area contributed by atoms with Gasteiger partial charge in [-0.2, -0.15) is 5.10 Å². The van der Waals surface area contributed by atoms with Gasteiger partial charge in [0.05, 0.1) is 11.4 Å². The van der Waals surface area contributed by atoms with Crippen LogP contribution in [0.2, 0.25) is 0 Å². The van der Waals surface area contributed by atoms with Crippen molar-refractivity contribution in [1.82, 2.24) is 15.1 Å². The predicted octanol–water partition coefficient (Wildman–Crippen LogP) is -0.609. The Morgan fingerprint density at radius 2 is 2.22 bits per heavy atom. The van der Waals surface area contributed by atoms with Gasteiger partial charge in [0.25, 0.3) is 5.91 Å². The second-order valence-corrected chi connectivity index (χ2v) is 5.71. The number of hydrogen-bond donors (Lipinski definition) is 2. The van der Waals surface area contributed by atoms with Crippen molar-refractivity contribution in [2.75, 3.05) is 12.3 Å². The Morgan fingerprint density at radius 1 is 1.56 bits per heavy atom. The van der Waals surface area contributed by atoms with E-state index >= 15 is 0 Å². The van der Waals surface area contributed by atoms with Crippen molar-refractivity contribution in [3.8, 4) is 0 Å². The SMILES string of the molecule is CCc1cc(C(=O)NCCCS(N)(=O)=O)n(C)n1. The van der Waals surface area contributed by atoms with E-state index in [1.807, 2.05) is 6.92 Å². The van der Waals surface area contributed by atoms with Crippen LogP contribution in [0.1, 0.15) is 29.5 Å². The van der Waals surface area contributed by atoms with E-state index in [2.05, 4.69) is 10.4 Å². The molecule has 18 heavy (non-hydrogen) atoms. The van der Waals surface area contributed by atoms with Crippen molar-refractivity contribution < 1.29 is 13.2 Å². The van der Waals surface area contributed by atoms with Crippen molar-refractivity contribution in [2.24, 2.45) is 12.2 Å². The molecule has 0 unspecified atom stereocenters. The van der Waals surface area contributed by atoms with Gasteiger partial charge in [0.15, 0.2) is 0 Å². The number of sulfonamides is 1. The molecule has 102 valence electrons. The number of aryl methyl sites for hydroxylation is 2. The van der Waals surface area contributed by atoms with Crippen molar-refractivity contribution in [3.05, 3.63) is 17.5 Å². The average Bonchev–Trinajstić information content (AvgIpc) is 2.64. The third-order valence-electron chi connectivity index (χ3n) is 2.42. The van der Waals surface area contributed by atoms with E-state index in [0.717, 1.165) is 12.1 Å². The van der Waals surface area contributed by atoms with Gasteiger partial charge in [-0.15, -0.1) is 0 Å². The normalized spacial score (nSPS) is 11.5. The van der Waals surface area contributed by atoms with Crippen LogP contribution in [0, 0.1) is 0 Å². The first-order chi connectivity index (χ1) is 8.33. The van der Waals surface area contributed by atoms with Crippen LogP contribution in [0.15, 0.2) is 6.07 Å². The van der Waals surface area contributed by atoms with E-state index in [1.54, 1.807) is 13.1 Å². The van der Waals surface area contributed by atoms with Gasteiger partial charge < -0.3 is 5.32 Å². The lowest BCUT2D eigenvalue weighted by molar-refractivity contribution is 0.0944. The molecular formula is C10H18N4O3S. The molecule has 0 saturated carbocycles. The number of nitrogens with zero attached hydrogens (tertiary/aromatic N) is 2. The summed E-state index contributed by atoms with van der Waals surface area (Å²) < 4.78 is 22.9. The van der Waals surface area contributed by atoms with Crippen molar-refractivity contribution in [2.45, 2.75) is 19.8 Å². The third kappa shape index (κ3) is 4.46. The van der Waals surface area contributed by atoms with Gasteiger partial charge in [-0.05, 0) is 18.9 Å². The molecule has 1 aromatic heterocycles. The molecule has 0 fully saturated rings. The highest BCUT2D eigenvalue weighted by Crippen LogP contribution is 2.03. The molecule has 0 aliphatic carbocycles. The molecule has 0 radical (unpaired) electrons. The van der Waals surface area contributed by atoms with E-state index in [-0.39, 0.29) is 18.2 Å². The van der Waals surface area contributed by atoms with Gasteiger partial charge in [-0.25, -0.2) is 13.6 Å². The summed E-state index contributed by atoms with van der Waals surface area (Å²) in [5, 5.41) is 11.6. The zero-order chi connectivity index (χ0) is 13.8. The second-order valence-electron chi connectivity index (χ2n) is 3.97. The number of carbonyl (C=O) groups is 1. The Kier molecular flexibility index (Phi) is 4.85. The Balaban J connectivity index is 2.48. The lowest BCUT2D eigenvalue weighted by Crippen LogP contribution is -2.28. The molecule has 1 heterocycles. The minimum atomic E-state index is -3.46. The monoisotopic (exact) mass is 274 g/mol. The smallest absolute Gasteiger partial charge is 0.269 e. The standard InChI is InChI=1S/C10H18N4O3S/c1-3-8-7-9(14(2)13-8)10(15)12-5-4-6-18(11,16)17/h7H,3-6H2,1-2H3,(H,12,15)(H2,11,16,17). The van der Waals surface area contributed by atoms with Crippen LogP contribution in [0.4, 0.5) is 0 Å². The Morgan fingerprint density at radius 3 is 2.72 bits per heavy atom. The van der Waals surface area contributed by atoms with Gasteiger partial charge in [0.1, 0.15) is 5.69 Å². The summed E-state index contributed by atoms with van der Waals surface area (Å²) >= 11 is 0. The van der Waals surface area contributed by atoms with Crippen LogP contribution in [-0.4, -0.2) is 36.4 Å². The van der Waals surface area contributed by atoms with Crippen LogP contribution in [0.25, 0.3) is 0 Å². The summed E-state index contributed by atoms with van der Waals surface area (Å²) in [6, 6.07) is 1.72. The van der Waals surface area contributed by atoms with Crippen molar-refractivity contribution in [3.63, 3.8) is 0 Å². The minimum Gasteiger partial charge on any atom is -0.351 e. The predicted molar refractivity (Wildman–Crippen MR) is 67.5 cm³/mol. The van der Waals surface area contributed by atoms with Crippen LogP contribution < -0.4 is 10.5 Å².